The lowest BCUT2D eigenvalue weighted by Crippen LogP contribution is -2.30. The van der Waals surface area contributed by atoms with E-state index in [0.29, 0.717) is 17.3 Å². The minimum Gasteiger partial charge on any atom is -0.481 e. The van der Waals surface area contributed by atoms with Crippen molar-refractivity contribution in [3.63, 3.8) is 0 Å². The molecule has 0 saturated heterocycles. The number of carbonyl (C=O) groups excluding carboxylic acids is 1. The quantitative estimate of drug-likeness (QED) is 0.685. The van der Waals surface area contributed by atoms with E-state index in [0.717, 1.165) is 4.47 Å². The molecule has 134 valence electrons. The van der Waals surface area contributed by atoms with E-state index in [1.165, 1.54) is 22.9 Å². The number of amides is 1. The number of hydrogen-bond acceptors (Lipinski definition) is 5. The zero-order valence-electron chi connectivity index (χ0n) is 14.0. The number of nitrogens with one attached hydrogen (secondary N) is 1. The highest BCUT2D eigenvalue weighted by atomic mass is 79.9. The number of ether oxygens (including phenoxy) is 1. The molecule has 0 spiro atoms. The average molecular weight is 420 g/mol. The molecule has 3 aromatic rings. The lowest BCUT2D eigenvalue weighted by molar-refractivity contribution is -0.122. The molecule has 0 saturated carbocycles. The largest absolute Gasteiger partial charge is 0.481 e. The molecule has 3 rings (SSSR count). The van der Waals surface area contributed by atoms with E-state index in [4.69, 9.17) is 4.74 Å². The van der Waals surface area contributed by atoms with Gasteiger partial charge in [0.1, 0.15) is 17.3 Å². The molecule has 0 fully saturated rings. The fraction of sp³-hybridized carbons (Fsp3) is 0.176. The number of hydrogen-bond donors (Lipinski definition) is 1. The lowest BCUT2D eigenvalue weighted by Gasteiger charge is -2.15. The van der Waals surface area contributed by atoms with Crippen molar-refractivity contribution in [2.24, 2.45) is 0 Å². The summed E-state index contributed by atoms with van der Waals surface area (Å²) < 4.78 is 21.8. The number of tetrazole rings is 1. The van der Waals surface area contributed by atoms with Crippen molar-refractivity contribution < 1.29 is 13.9 Å². The highest BCUT2D eigenvalue weighted by molar-refractivity contribution is 9.10. The molecule has 1 amide bonds. The molecular formula is C17H15BrFN5O2. The van der Waals surface area contributed by atoms with E-state index in [1.54, 1.807) is 26.0 Å². The van der Waals surface area contributed by atoms with E-state index in [-0.39, 0.29) is 11.6 Å². The van der Waals surface area contributed by atoms with Crippen LogP contribution in [-0.4, -0.2) is 32.2 Å². The molecule has 0 bridgehead atoms. The van der Waals surface area contributed by atoms with Crippen molar-refractivity contribution in [2.75, 3.05) is 5.32 Å². The van der Waals surface area contributed by atoms with Crippen LogP contribution in [0, 0.1) is 12.7 Å². The third-order valence-corrected chi connectivity index (χ3v) is 4.09. The van der Waals surface area contributed by atoms with Gasteiger partial charge in [-0.3, -0.25) is 4.79 Å². The van der Waals surface area contributed by atoms with Gasteiger partial charge in [-0.1, -0.05) is 15.9 Å². The molecule has 0 aliphatic rings. The Balaban J connectivity index is 1.73. The summed E-state index contributed by atoms with van der Waals surface area (Å²) >= 11 is 3.34. The van der Waals surface area contributed by atoms with Crippen molar-refractivity contribution in [1.82, 2.24) is 20.2 Å². The zero-order chi connectivity index (χ0) is 18.7. The van der Waals surface area contributed by atoms with E-state index in [2.05, 4.69) is 36.8 Å². The number of rotatable bonds is 5. The predicted octanol–water partition coefficient (Wildman–Crippen LogP) is 3.28. The van der Waals surface area contributed by atoms with Gasteiger partial charge < -0.3 is 10.1 Å². The Morgan fingerprint density at radius 3 is 2.65 bits per heavy atom. The Morgan fingerprint density at radius 1 is 1.27 bits per heavy atom. The molecule has 0 aliphatic heterocycles. The molecular weight excluding hydrogens is 405 g/mol. The summed E-state index contributed by atoms with van der Waals surface area (Å²) in [4.78, 5) is 12.3. The highest BCUT2D eigenvalue weighted by Crippen LogP contribution is 2.20. The second-order valence-electron chi connectivity index (χ2n) is 5.51. The maximum Gasteiger partial charge on any atom is 0.265 e. The number of benzene rings is 2. The Morgan fingerprint density at radius 2 is 2.00 bits per heavy atom. The smallest absolute Gasteiger partial charge is 0.265 e. The summed E-state index contributed by atoms with van der Waals surface area (Å²) in [6.45, 7) is 3.28. The summed E-state index contributed by atoms with van der Waals surface area (Å²) in [6.07, 6.45) is -0.737. The molecule has 0 radical (unpaired) electrons. The van der Waals surface area contributed by atoms with E-state index < -0.39 is 11.9 Å². The summed E-state index contributed by atoms with van der Waals surface area (Å²) in [6, 6.07) is 11.3. The standard InChI is InChI=1S/C17H15BrFN5O2/c1-10(26-14-6-3-12(18)4-7-14)17(25)20-13-5-8-15(19)16(9-13)24-11(2)21-22-23-24/h3-10H,1-2H3,(H,20,25). The van der Waals surface area contributed by atoms with Gasteiger partial charge in [-0.2, -0.15) is 4.68 Å². The number of carbonyl (C=O) groups is 1. The molecule has 0 aliphatic carbocycles. The van der Waals surface area contributed by atoms with E-state index in [9.17, 15) is 9.18 Å². The number of aromatic nitrogens is 4. The van der Waals surface area contributed by atoms with Gasteiger partial charge in [0.15, 0.2) is 11.9 Å². The fourth-order valence-corrected chi connectivity index (χ4v) is 2.49. The van der Waals surface area contributed by atoms with Crippen molar-refractivity contribution in [2.45, 2.75) is 20.0 Å². The lowest BCUT2D eigenvalue weighted by atomic mass is 10.2. The SMILES string of the molecule is Cc1nnnn1-c1cc(NC(=O)C(C)Oc2ccc(Br)cc2)ccc1F. The molecule has 1 N–H and O–H groups in total. The fourth-order valence-electron chi connectivity index (χ4n) is 2.22. The summed E-state index contributed by atoms with van der Waals surface area (Å²) in [7, 11) is 0. The number of anilines is 1. The Labute approximate surface area is 157 Å². The normalized spacial score (nSPS) is 11.8. The van der Waals surface area contributed by atoms with Gasteiger partial charge in [0, 0.05) is 10.2 Å². The molecule has 1 unspecified atom stereocenters. The zero-order valence-corrected chi connectivity index (χ0v) is 15.6. The number of aryl methyl sites for hydroxylation is 1. The summed E-state index contributed by atoms with van der Waals surface area (Å²) in [5.74, 6) is 0.135. The molecule has 26 heavy (non-hydrogen) atoms. The van der Waals surface area contributed by atoms with Gasteiger partial charge in [-0.15, -0.1) is 5.10 Å². The van der Waals surface area contributed by atoms with Crippen molar-refractivity contribution in [3.05, 3.63) is 58.6 Å². The number of nitrogens with zero attached hydrogens (tertiary/aromatic N) is 4. The van der Waals surface area contributed by atoms with Crippen LogP contribution in [0.3, 0.4) is 0 Å². The maximum atomic E-state index is 14.1. The van der Waals surface area contributed by atoms with Crippen LogP contribution in [0.2, 0.25) is 0 Å². The van der Waals surface area contributed by atoms with Gasteiger partial charge in [0.2, 0.25) is 0 Å². The average Bonchev–Trinajstić information content (AvgIpc) is 3.04. The monoisotopic (exact) mass is 419 g/mol. The Hall–Kier alpha value is -2.81. The van der Waals surface area contributed by atoms with Crippen molar-refractivity contribution in [1.29, 1.82) is 0 Å². The van der Waals surface area contributed by atoms with Crippen LogP contribution in [-0.2, 0) is 4.79 Å². The van der Waals surface area contributed by atoms with Gasteiger partial charge in [-0.05, 0) is 66.7 Å². The summed E-state index contributed by atoms with van der Waals surface area (Å²) in [5, 5.41) is 13.7. The van der Waals surface area contributed by atoms with Gasteiger partial charge in [0.05, 0.1) is 0 Å². The molecule has 1 atom stereocenters. The van der Waals surface area contributed by atoms with E-state index >= 15 is 0 Å². The molecule has 9 heteroatoms. The Kier molecular flexibility index (Phi) is 5.27. The summed E-state index contributed by atoms with van der Waals surface area (Å²) in [5.41, 5.74) is 0.555. The molecule has 7 nitrogen and oxygen atoms in total. The van der Waals surface area contributed by atoms with Crippen LogP contribution >= 0.6 is 15.9 Å². The van der Waals surface area contributed by atoms with Gasteiger partial charge in [0.25, 0.3) is 5.91 Å². The first-order valence-electron chi connectivity index (χ1n) is 7.72. The Bertz CT molecular complexity index is 929. The number of halogens is 2. The second kappa shape index (κ2) is 7.61. The second-order valence-corrected chi connectivity index (χ2v) is 6.42. The minimum absolute atomic E-state index is 0.145. The van der Waals surface area contributed by atoms with Crippen LogP contribution in [0.15, 0.2) is 46.9 Å². The third-order valence-electron chi connectivity index (χ3n) is 3.56. The minimum atomic E-state index is -0.737. The third kappa shape index (κ3) is 4.05. The topological polar surface area (TPSA) is 81.9 Å². The first-order chi connectivity index (χ1) is 12.4. The van der Waals surface area contributed by atoms with E-state index in [1.807, 2.05) is 12.1 Å². The van der Waals surface area contributed by atoms with Crippen molar-refractivity contribution >= 4 is 27.5 Å². The van der Waals surface area contributed by atoms with Gasteiger partial charge in [-0.25, -0.2) is 4.39 Å². The van der Waals surface area contributed by atoms with Crippen LogP contribution < -0.4 is 10.1 Å². The maximum absolute atomic E-state index is 14.1. The predicted molar refractivity (Wildman–Crippen MR) is 96.7 cm³/mol. The van der Waals surface area contributed by atoms with Crippen LogP contribution in [0.25, 0.3) is 5.69 Å². The first kappa shape index (κ1) is 18.0. The van der Waals surface area contributed by atoms with Crippen LogP contribution in [0.4, 0.5) is 10.1 Å². The molecule has 2 aromatic carbocycles. The van der Waals surface area contributed by atoms with Crippen LogP contribution in [0.1, 0.15) is 12.7 Å². The van der Waals surface area contributed by atoms with Crippen LogP contribution in [0.5, 0.6) is 5.75 Å². The molecule has 1 aromatic heterocycles. The first-order valence-corrected chi connectivity index (χ1v) is 8.51. The van der Waals surface area contributed by atoms with Gasteiger partial charge >= 0.3 is 0 Å². The molecule has 1 heterocycles. The highest BCUT2D eigenvalue weighted by Gasteiger charge is 2.17. The van der Waals surface area contributed by atoms with Crippen molar-refractivity contribution in [3.8, 4) is 11.4 Å².